The molecule has 0 aliphatic rings. The second-order valence-electron chi connectivity index (χ2n) is 6.63. The van der Waals surface area contributed by atoms with E-state index in [1.807, 2.05) is 72.8 Å². The topological polar surface area (TPSA) is 50.5 Å². The first-order valence-electron chi connectivity index (χ1n) is 9.05. The molecule has 3 aromatic carbocycles. The molecule has 0 bridgehead atoms. The van der Waals surface area contributed by atoms with Crippen molar-refractivity contribution < 1.29 is 9.21 Å². The first kappa shape index (κ1) is 17.7. The zero-order valence-electron chi connectivity index (χ0n) is 15.4. The number of carbonyl (C=O) groups excluding carboxylic acids is 1. The number of hydrogen-bond acceptors (Lipinski definition) is 3. The van der Waals surface area contributed by atoms with Gasteiger partial charge in [0.1, 0.15) is 11.1 Å². The SMILES string of the molecule is CN(C(=O)c1cc2ccccc2oc1=O)C(c1ccccc1)c1ccccc1. The van der Waals surface area contributed by atoms with Gasteiger partial charge >= 0.3 is 5.63 Å². The van der Waals surface area contributed by atoms with Crippen LogP contribution in [0.15, 0.2) is 100 Å². The summed E-state index contributed by atoms with van der Waals surface area (Å²) in [5, 5.41) is 0.717. The third kappa shape index (κ3) is 3.32. The summed E-state index contributed by atoms with van der Waals surface area (Å²) in [6, 6.07) is 28.0. The van der Waals surface area contributed by atoms with Crippen LogP contribution in [0.2, 0.25) is 0 Å². The normalized spacial score (nSPS) is 10.9. The molecule has 0 aliphatic carbocycles. The second-order valence-corrected chi connectivity index (χ2v) is 6.63. The van der Waals surface area contributed by atoms with Crippen molar-refractivity contribution in [2.75, 3.05) is 7.05 Å². The molecule has 28 heavy (non-hydrogen) atoms. The highest BCUT2D eigenvalue weighted by Gasteiger charge is 2.26. The van der Waals surface area contributed by atoms with Gasteiger partial charge in [0.05, 0.1) is 6.04 Å². The van der Waals surface area contributed by atoms with Crippen molar-refractivity contribution in [1.29, 1.82) is 0 Å². The minimum Gasteiger partial charge on any atom is -0.422 e. The molecule has 0 radical (unpaired) electrons. The van der Waals surface area contributed by atoms with Gasteiger partial charge in [-0.2, -0.15) is 0 Å². The fourth-order valence-corrected chi connectivity index (χ4v) is 3.43. The number of carbonyl (C=O) groups is 1. The second kappa shape index (κ2) is 7.53. The predicted molar refractivity (Wildman–Crippen MR) is 109 cm³/mol. The smallest absolute Gasteiger partial charge is 0.349 e. The molecule has 4 heteroatoms. The van der Waals surface area contributed by atoms with Crippen LogP contribution >= 0.6 is 0 Å². The fourth-order valence-electron chi connectivity index (χ4n) is 3.43. The van der Waals surface area contributed by atoms with Crippen molar-refractivity contribution in [2.45, 2.75) is 6.04 Å². The van der Waals surface area contributed by atoms with Crippen molar-refractivity contribution in [3.63, 3.8) is 0 Å². The molecule has 1 heterocycles. The molecule has 0 saturated heterocycles. The molecule has 0 aliphatic heterocycles. The summed E-state index contributed by atoms with van der Waals surface area (Å²) in [6.07, 6.45) is 0. The third-order valence-electron chi connectivity index (χ3n) is 4.81. The number of rotatable bonds is 4. The molecule has 0 saturated carbocycles. The van der Waals surface area contributed by atoms with Gasteiger partial charge in [0.2, 0.25) is 0 Å². The lowest BCUT2D eigenvalue weighted by molar-refractivity contribution is 0.0751. The Bertz CT molecular complexity index is 1130. The van der Waals surface area contributed by atoms with Crippen LogP contribution in [0.1, 0.15) is 27.5 Å². The minimum absolute atomic E-state index is 0.0260. The molecule has 0 spiro atoms. The van der Waals surface area contributed by atoms with Crippen LogP contribution in [0.25, 0.3) is 11.0 Å². The van der Waals surface area contributed by atoms with Crippen LogP contribution in [0.5, 0.6) is 0 Å². The largest absolute Gasteiger partial charge is 0.422 e. The molecular formula is C24H19NO3. The van der Waals surface area contributed by atoms with E-state index in [-0.39, 0.29) is 17.5 Å². The summed E-state index contributed by atoms with van der Waals surface area (Å²) in [7, 11) is 1.71. The van der Waals surface area contributed by atoms with Crippen LogP contribution in [-0.2, 0) is 0 Å². The van der Waals surface area contributed by atoms with Crippen molar-refractivity contribution >= 4 is 16.9 Å². The van der Waals surface area contributed by atoms with Gasteiger partial charge in [-0.05, 0) is 23.3 Å². The summed E-state index contributed by atoms with van der Waals surface area (Å²) in [5.74, 6) is -0.378. The Labute approximate surface area is 162 Å². The lowest BCUT2D eigenvalue weighted by atomic mass is 9.97. The zero-order valence-corrected chi connectivity index (χ0v) is 15.4. The molecule has 1 aromatic heterocycles. The van der Waals surface area contributed by atoms with E-state index >= 15 is 0 Å². The van der Waals surface area contributed by atoms with Crippen LogP contribution in [0, 0.1) is 0 Å². The quantitative estimate of drug-likeness (QED) is 0.492. The summed E-state index contributed by atoms with van der Waals surface area (Å²) in [6.45, 7) is 0. The number of benzene rings is 3. The number of hydrogen-bond donors (Lipinski definition) is 0. The Kier molecular flexibility index (Phi) is 4.77. The third-order valence-corrected chi connectivity index (χ3v) is 4.81. The zero-order chi connectivity index (χ0) is 19.5. The van der Waals surface area contributed by atoms with Crippen molar-refractivity contribution in [3.8, 4) is 0 Å². The lowest BCUT2D eigenvalue weighted by Gasteiger charge is -2.29. The van der Waals surface area contributed by atoms with Crippen molar-refractivity contribution in [3.05, 3.63) is 118 Å². The van der Waals surface area contributed by atoms with Crippen LogP contribution < -0.4 is 5.63 Å². The van der Waals surface area contributed by atoms with E-state index in [9.17, 15) is 9.59 Å². The van der Waals surface area contributed by atoms with Crippen molar-refractivity contribution in [1.82, 2.24) is 4.90 Å². The van der Waals surface area contributed by atoms with E-state index in [1.54, 1.807) is 30.1 Å². The van der Waals surface area contributed by atoms with E-state index in [2.05, 4.69) is 0 Å². The Hall–Kier alpha value is -3.66. The highest BCUT2D eigenvalue weighted by molar-refractivity contribution is 5.97. The predicted octanol–water partition coefficient (Wildman–Crippen LogP) is 4.65. The molecule has 0 fully saturated rings. The van der Waals surface area contributed by atoms with Crippen LogP contribution in [0.4, 0.5) is 0 Å². The van der Waals surface area contributed by atoms with Crippen LogP contribution in [-0.4, -0.2) is 17.9 Å². The summed E-state index contributed by atoms with van der Waals surface area (Å²) in [4.78, 5) is 27.3. The van der Waals surface area contributed by atoms with Gasteiger partial charge in [-0.3, -0.25) is 4.79 Å². The van der Waals surface area contributed by atoms with Gasteiger partial charge in [0.15, 0.2) is 0 Å². The first-order valence-corrected chi connectivity index (χ1v) is 9.05. The van der Waals surface area contributed by atoms with E-state index < -0.39 is 5.63 Å². The molecule has 0 unspecified atom stereocenters. The maximum Gasteiger partial charge on any atom is 0.349 e. The average Bonchev–Trinajstić information content (AvgIpc) is 2.74. The van der Waals surface area contributed by atoms with Gasteiger partial charge in [-0.25, -0.2) is 4.79 Å². The highest BCUT2D eigenvalue weighted by Crippen LogP contribution is 2.28. The van der Waals surface area contributed by atoms with Gasteiger partial charge in [0, 0.05) is 12.4 Å². The minimum atomic E-state index is -0.629. The van der Waals surface area contributed by atoms with E-state index in [1.165, 1.54) is 0 Å². The number of nitrogens with zero attached hydrogens (tertiary/aromatic N) is 1. The van der Waals surface area contributed by atoms with E-state index in [0.717, 1.165) is 16.5 Å². The molecule has 0 N–H and O–H groups in total. The first-order chi connectivity index (χ1) is 13.6. The fraction of sp³-hybridized carbons (Fsp3) is 0.0833. The molecule has 4 rings (SSSR count). The average molecular weight is 369 g/mol. The summed E-state index contributed by atoms with van der Waals surface area (Å²) < 4.78 is 5.35. The Morgan fingerprint density at radius 2 is 1.36 bits per heavy atom. The summed E-state index contributed by atoms with van der Waals surface area (Å²) in [5.41, 5.74) is 1.80. The van der Waals surface area contributed by atoms with Gasteiger partial charge in [-0.1, -0.05) is 78.9 Å². The maximum absolute atomic E-state index is 13.3. The van der Waals surface area contributed by atoms with E-state index in [4.69, 9.17) is 4.42 Å². The van der Waals surface area contributed by atoms with Gasteiger partial charge in [0.25, 0.3) is 5.91 Å². The monoisotopic (exact) mass is 369 g/mol. The molecule has 4 aromatic rings. The lowest BCUT2D eigenvalue weighted by Crippen LogP contribution is -2.34. The Morgan fingerprint density at radius 1 is 0.821 bits per heavy atom. The molecule has 1 amide bonds. The van der Waals surface area contributed by atoms with Crippen LogP contribution in [0.3, 0.4) is 0 Å². The standard InChI is InChI=1S/C24H19NO3/c1-25(22(17-10-4-2-5-11-17)18-12-6-3-7-13-18)23(26)20-16-19-14-8-9-15-21(19)28-24(20)27/h2-16,22H,1H3. The Morgan fingerprint density at radius 3 is 1.96 bits per heavy atom. The molecule has 138 valence electrons. The molecule has 0 atom stereocenters. The van der Waals surface area contributed by atoms with E-state index in [0.29, 0.717) is 5.58 Å². The Balaban J connectivity index is 1.79. The van der Waals surface area contributed by atoms with Crippen molar-refractivity contribution in [2.24, 2.45) is 0 Å². The molecule has 4 nitrogen and oxygen atoms in total. The number of amides is 1. The number of para-hydroxylation sites is 1. The number of fused-ring (bicyclic) bond motifs is 1. The maximum atomic E-state index is 13.3. The van der Waals surface area contributed by atoms with Gasteiger partial charge in [-0.15, -0.1) is 0 Å². The highest BCUT2D eigenvalue weighted by atomic mass is 16.4. The summed E-state index contributed by atoms with van der Waals surface area (Å²) >= 11 is 0. The molecular weight excluding hydrogens is 350 g/mol. The van der Waals surface area contributed by atoms with Gasteiger partial charge < -0.3 is 9.32 Å².